The van der Waals surface area contributed by atoms with Gasteiger partial charge in [-0.1, -0.05) is 12.5 Å². The van der Waals surface area contributed by atoms with Crippen LogP contribution < -0.4 is 4.74 Å². The lowest BCUT2D eigenvalue weighted by atomic mass is 9.91. The molecule has 4 rings (SSSR count). The van der Waals surface area contributed by atoms with Crippen molar-refractivity contribution in [2.24, 2.45) is 0 Å². The highest BCUT2D eigenvalue weighted by Crippen LogP contribution is 2.39. The van der Waals surface area contributed by atoms with Gasteiger partial charge in [-0.05, 0) is 25.3 Å². The van der Waals surface area contributed by atoms with E-state index in [1.807, 2.05) is 18.2 Å². The second-order valence-corrected chi connectivity index (χ2v) is 6.41. The molecule has 0 unspecified atom stereocenters. The Morgan fingerprint density at radius 3 is 3.05 bits per heavy atom. The first-order valence-electron chi connectivity index (χ1n) is 7.79. The summed E-state index contributed by atoms with van der Waals surface area (Å²) in [6, 6.07) is 6.61. The second kappa shape index (κ2) is 5.01. The minimum Gasteiger partial charge on any atom is -0.472 e. The zero-order chi connectivity index (χ0) is 13.4. The van der Waals surface area contributed by atoms with E-state index in [1.165, 1.54) is 25.8 Å². The van der Waals surface area contributed by atoms with Gasteiger partial charge in [0, 0.05) is 37.8 Å². The fraction of sp³-hybridized carbons (Fsp3) is 0.688. The molecule has 2 aliphatic heterocycles. The summed E-state index contributed by atoms with van der Waals surface area (Å²) in [4.78, 5) is 6.87. The minimum absolute atomic E-state index is 0.0506. The number of likely N-dealkylation sites (tertiary alicyclic amines) is 1. The van der Waals surface area contributed by atoms with E-state index in [9.17, 15) is 0 Å². The van der Waals surface area contributed by atoms with E-state index < -0.39 is 0 Å². The molecule has 2 saturated heterocycles. The third kappa shape index (κ3) is 2.31. The first kappa shape index (κ1) is 12.6. The topological polar surface area (TPSA) is 34.6 Å². The van der Waals surface area contributed by atoms with E-state index in [2.05, 4.69) is 9.88 Å². The van der Waals surface area contributed by atoms with Crippen LogP contribution in [0.5, 0.6) is 5.88 Å². The van der Waals surface area contributed by atoms with E-state index in [1.54, 1.807) is 6.20 Å². The zero-order valence-electron chi connectivity index (χ0n) is 11.8. The summed E-state index contributed by atoms with van der Waals surface area (Å²) in [5, 5.41) is 0. The largest absolute Gasteiger partial charge is 0.472 e. The molecular formula is C16H22N2O2. The first-order chi connectivity index (χ1) is 9.83. The van der Waals surface area contributed by atoms with Crippen LogP contribution in [-0.4, -0.2) is 47.3 Å². The van der Waals surface area contributed by atoms with E-state index >= 15 is 0 Å². The lowest BCUT2D eigenvalue weighted by Crippen LogP contribution is -2.41. The van der Waals surface area contributed by atoms with Crippen molar-refractivity contribution < 1.29 is 9.47 Å². The van der Waals surface area contributed by atoms with Crippen molar-refractivity contribution >= 4 is 0 Å². The molecule has 20 heavy (non-hydrogen) atoms. The molecule has 0 radical (unpaired) electrons. The van der Waals surface area contributed by atoms with Gasteiger partial charge in [0.2, 0.25) is 5.88 Å². The van der Waals surface area contributed by atoms with Gasteiger partial charge in [0.05, 0.1) is 12.2 Å². The van der Waals surface area contributed by atoms with E-state index in [-0.39, 0.29) is 11.7 Å². The molecule has 0 N–H and O–H groups in total. The van der Waals surface area contributed by atoms with Crippen LogP contribution in [0.4, 0.5) is 0 Å². The van der Waals surface area contributed by atoms with E-state index in [0.29, 0.717) is 12.5 Å². The van der Waals surface area contributed by atoms with Crippen LogP contribution in [0.15, 0.2) is 24.4 Å². The number of rotatable bonds is 3. The maximum atomic E-state index is 6.14. The molecule has 4 nitrogen and oxygen atoms in total. The van der Waals surface area contributed by atoms with Gasteiger partial charge < -0.3 is 9.47 Å². The Balaban J connectivity index is 1.36. The van der Waals surface area contributed by atoms with E-state index in [4.69, 9.17) is 9.47 Å². The normalized spacial score (nSPS) is 34.5. The fourth-order valence-corrected chi connectivity index (χ4v) is 3.69. The standard InChI is InChI=1S/C16H22N2O2/c1-2-8-17-15(6-1)20-14-10-16(19-11-14)7-9-18(12-16)13-4-3-5-13/h1-2,6,8,13-14H,3-5,7,9-12H2/t14-,16-/m0/s1. The summed E-state index contributed by atoms with van der Waals surface area (Å²) in [5.41, 5.74) is 0.0506. The summed E-state index contributed by atoms with van der Waals surface area (Å²) >= 11 is 0. The van der Waals surface area contributed by atoms with Gasteiger partial charge in [0.15, 0.2) is 0 Å². The number of pyridine rings is 1. The molecule has 1 aromatic heterocycles. The quantitative estimate of drug-likeness (QED) is 0.846. The van der Waals surface area contributed by atoms with Gasteiger partial charge in [-0.15, -0.1) is 0 Å². The second-order valence-electron chi connectivity index (χ2n) is 6.41. The molecule has 0 bridgehead atoms. The average molecular weight is 274 g/mol. The van der Waals surface area contributed by atoms with Gasteiger partial charge in [-0.3, -0.25) is 4.90 Å². The van der Waals surface area contributed by atoms with Crippen molar-refractivity contribution in [1.82, 2.24) is 9.88 Å². The van der Waals surface area contributed by atoms with Gasteiger partial charge in [-0.25, -0.2) is 4.98 Å². The summed E-state index contributed by atoms with van der Waals surface area (Å²) in [7, 11) is 0. The molecule has 1 saturated carbocycles. The number of nitrogens with zero attached hydrogens (tertiary/aromatic N) is 2. The summed E-state index contributed by atoms with van der Waals surface area (Å²) in [6.45, 7) is 3.00. The fourth-order valence-electron chi connectivity index (χ4n) is 3.69. The third-order valence-corrected chi connectivity index (χ3v) is 5.04. The highest BCUT2D eigenvalue weighted by molar-refractivity contribution is 5.11. The molecular weight excluding hydrogens is 252 g/mol. The molecule has 1 aromatic rings. The van der Waals surface area contributed by atoms with Crippen LogP contribution in [0.25, 0.3) is 0 Å². The molecule has 4 heteroatoms. The van der Waals surface area contributed by atoms with E-state index in [0.717, 1.165) is 25.4 Å². The Bertz CT molecular complexity index is 463. The number of ether oxygens (including phenoxy) is 2. The highest BCUT2D eigenvalue weighted by atomic mass is 16.6. The number of aromatic nitrogens is 1. The molecule has 3 aliphatic rings. The predicted molar refractivity (Wildman–Crippen MR) is 75.8 cm³/mol. The van der Waals surface area contributed by atoms with Gasteiger partial charge in [0.25, 0.3) is 0 Å². The van der Waals surface area contributed by atoms with Gasteiger partial charge in [-0.2, -0.15) is 0 Å². The Hall–Kier alpha value is -1.13. The first-order valence-corrected chi connectivity index (χ1v) is 7.79. The smallest absolute Gasteiger partial charge is 0.213 e. The lowest BCUT2D eigenvalue weighted by Gasteiger charge is -2.35. The Kier molecular flexibility index (Phi) is 3.15. The molecule has 3 heterocycles. The summed E-state index contributed by atoms with van der Waals surface area (Å²) in [5.74, 6) is 0.715. The number of hydrogen-bond acceptors (Lipinski definition) is 4. The molecule has 108 valence electrons. The van der Waals surface area contributed by atoms with Crippen LogP contribution in [0.2, 0.25) is 0 Å². The Morgan fingerprint density at radius 2 is 2.30 bits per heavy atom. The molecule has 3 fully saturated rings. The molecule has 1 spiro atoms. The van der Waals surface area contributed by atoms with Crippen molar-refractivity contribution in [3.05, 3.63) is 24.4 Å². The Labute approximate surface area is 120 Å². The maximum Gasteiger partial charge on any atom is 0.213 e. The van der Waals surface area contributed by atoms with Gasteiger partial charge >= 0.3 is 0 Å². The van der Waals surface area contributed by atoms with Gasteiger partial charge in [0.1, 0.15) is 6.10 Å². The lowest BCUT2D eigenvalue weighted by molar-refractivity contribution is 0.00260. The summed E-state index contributed by atoms with van der Waals surface area (Å²) < 4.78 is 12.1. The summed E-state index contributed by atoms with van der Waals surface area (Å²) in [6.07, 6.45) is 8.26. The van der Waals surface area contributed by atoms with Crippen LogP contribution in [0.1, 0.15) is 32.1 Å². The maximum absolute atomic E-state index is 6.14. The Morgan fingerprint density at radius 1 is 1.35 bits per heavy atom. The average Bonchev–Trinajstić information content (AvgIpc) is 2.97. The molecule has 2 atom stereocenters. The molecule has 0 aromatic carbocycles. The minimum atomic E-state index is 0.0506. The number of hydrogen-bond donors (Lipinski definition) is 0. The van der Waals surface area contributed by atoms with Crippen molar-refractivity contribution in [3.63, 3.8) is 0 Å². The van der Waals surface area contributed by atoms with Crippen LogP contribution in [0.3, 0.4) is 0 Å². The predicted octanol–water partition coefficient (Wildman–Crippen LogP) is 2.25. The highest BCUT2D eigenvalue weighted by Gasteiger charge is 2.48. The molecule has 0 amide bonds. The van der Waals surface area contributed by atoms with Crippen molar-refractivity contribution in [2.45, 2.75) is 49.9 Å². The van der Waals surface area contributed by atoms with Crippen LogP contribution in [0, 0.1) is 0 Å². The zero-order valence-corrected chi connectivity index (χ0v) is 11.8. The molecule has 1 aliphatic carbocycles. The van der Waals surface area contributed by atoms with Crippen LogP contribution >= 0.6 is 0 Å². The SMILES string of the molecule is c1ccc(O[C@@H]2CO[C@@]3(CCN(C4CCC4)C3)C2)nc1. The van der Waals surface area contributed by atoms with Crippen molar-refractivity contribution in [3.8, 4) is 5.88 Å². The van der Waals surface area contributed by atoms with Crippen molar-refractivity contribution in [1.29, 1.82) is 0 Å². The van der Waals surface area contributed by atoms with Crippen LogP contribution in [-0.2, 0) is 4.74 Å². The van der Waals surface area contributed by atoms with Crippen molar-refractivity contribution in [2.75, 3.05) is 19.7 Å². The third-order valence-electron chi connectivity index (χ3n) is 5.04. The monoisotopic (exact) mass is 274 g/mol.